The molecule has 7 heteroatoms. The number of aromatic nitrogens is 2. The van der Waals surface area contributed by atoms with Crippen LogP contribution in [-0.4, -0.2) is 32.9 Å². The normalized spacial score (nSPS) is 14.9. The molecule has 0 aliphatic heterocycles. The van der Waals surface area contributed by atoms with Crippen LogP contribution in [0.2, 0.25) is 0 Å². The third-order valence-corrected chi connectivity index (χ3v) is 6.51. The average Bonchev–Trinajstić information content (AvgIpc) is 2.88. The highest BCUT2D eigenvalue weighted by Crippen LogP contribution is 2.32. The van der Waals surface area contributed by atoms with E-state index < -0.39 is 11.9 Å². The van der Waals surface area contributed by atoms with Gasteiger partial charge in [0.15, 0.2) is 0 Å². The van der Waals surface area contributed by atoms with Crippen LogP contribution in [0.25, 0.3) is 0 Å². The summed E-state index contributed by atoms with van der Waals surface area (Å²) in [5.74, 6) is -0.260. The summed E-state index contributed by atoms with van der Waals surface area (Å²) in [7, 11) is 0. The van der Waals surface area contributed by atoms with Crippen LogP contribution in [0.15, 0.2) is 67.1 Å². The number of amides is 2. The summed E-state index contributed by atoms with van der Waals surface area (Å²) >= 11 is 0. The molecule has 7 nitrogen and oxygen atoms in total. The lowest BCUT2D eigenvalue weighted by Gasteiger charge is -2.33. The van der Waals surface area contributed by atoms with E-state index in [2.05, 4.69) is 29.1 Å². The van der Waals surface area contributed by atoms with Crippen molar-refractivity contribution >= 4 is 17.5 Å². The second kappa shape index (κ2) is 11.1. The highest BCUT2D eigenvalue weighted by Gasteiger charge is 2.35. The van der Waals surface area contributed by atoms with Gasteiger partial charge in [-0.25, -0.2) is 4.98 Å². The number of aromatic hydroxyl groups is 1. The van der Waals surface area contributed by atoms with E-state index in [0.29, 0.717) is 17.2 Å². The minimum Gasteiger partial charge on any atom is -0.508 e. The Morgan fingerprint density at radius 1 is 0.943 bits per heavy atom. The van der Waals surface area contributed by atoms with Gasteiger partial charge in [-0.1, -0.05) is 57.4 Å². The van der Waals surface area contributed by atoms with Crippen molar-refractivity contribution in [1.82, 2.24) is 15.3 Å². The van der Waals surface area contributed by atoms with Crippen molar-refractivity contribution in [3.05, 3.63) is 83.9 Å². The van der Waals surface area contributed by atoms with Gasteiger partial charge in [-0.3, -0.25) is 19.5 Å². The minimum absolute atomic E-state index is 0.0765. The molecular weight excluding hydrogens is 440 g/mol. The van der Waals surface area contributed by atoms with Crippen LogP contribution in [-0.2, 0) is 4.79 Å². The third kappa shape index (κ3) is 5.85. The zero-order valence-corrected chi connectivity index (χ0v) is 20.2. The number of benzene rings is 2. The van der Waals surface area contributed by atoms with Crippen molar-refractivity contribution in [3.63, 3.8) is 0 Å². The zero-order valence-electron chi connectivity index (χ0n) is 20.2. The molecule has 1 heterocycles. The first-order valence-electron chi connectivity index (χ1n) is 12.2. The van der Waals surface area contributed by atoms with E-state index in [1.807, 2.05) is 24.3 Å². The fraction of sp³-hybridized carbons (Fsp3) is 0.357. The quantitative estimate of drug-likeness (QED) is 0.496. The van der Waals surface area contributed by atoms with Gasteiger partial charge >= 0.3 is 0 Å². The molecule has 2 aromatic carbocycles. The van der Waals surface area contributed by atoms with Crippen LogP contribution in [0.1, 0.15) is 79.5 Å². The number of anilines is 1. The lowest BCUT2D eigenvalue weighted by Crippen LogP contribution is -2.47. The van der Waals surface area contributed by atoms with Crippen molar-refractivity contribution in [2.24, 2.45) is 0 Å². The van der Waals surface area contributed by atoms with Gasteiger partial charge in [0.05, 0.1) is 6.20 Å². The maximum absolute atomic E-state index is 13.8. The standard InChI is InChI=1S/C28H32N4O3/c1-19(2)20-8-12-23(13-9-20)32(28(35)25-18-29-16-17-30-25)26(21-10-14-24(33)15-11-21)27(34)31-22-6-4-3-5-7-22/h8-19,22,26,33H,3-7H2,1-2H3,(H,31,34). The van der Waals surface area contributed by atoms with Gasteiger partial charge in [-0.15, -0.1) is 0 Å². The number of carbonyl (C=O) groups excluding carboxylic acids is 2. The molecule has 0 saturated heterocycles. The van der Waals surface area contributed by atoms with Gasteiger partial charge in [-0.2, -0.15) is 0 Å². The summed E-state index contributed by atoms with van der Waals surface area (Å²) in [6, 6.07) is 13.2. The fourth-order valence-electron chi connectivity index (χ4n) is 4.54. The molecule has 0 spiro atoms. The summed E-state index contributed by atoms with van der Waals surface area (Å²) in [6.45, 7) is 4.21. The Morgan fingerprint density at radius 3 is 2.20 bits per heavy atom. The van der Waals surface area contributed by atoms with Gasteiger partial charge in [0, 0.05) is 24.1 Å². The molecule has 1 fully saturated rings. The highest BCUT2D eigenvalue weighted by atomic mass is 16.3. The summed E-state index contributed by atoms with van der Waals surface area (Å²) in [5.41, 5.74) is 2.46. The smallest absolute Gasteiger partial charge is 0.279 e. The van der Waals surface area contributed by atoms with Crippen LogP contribution in [0, 0.1) is 0 Å². The maximum atomic E-state index is 13.8. The molecule has 35 heavy (non-hydrogen) atoms. The van der Waals surface area contributed by atoms with Gasteiger partial charge in [0.25, 0.3) is 5.91 Å². The summed E-state index contributed by atoms with van der Waals surface area (Å²) in [4.78, 5) is 37.4. The third-order valence-electron chi connectivity index (χ3n) is 6.51. The van der Waals surface area contributed by atoms with E-state index >= 15 is 0 Å². The van der Waals surface area contributed by atoms with Crippen molar-refractivity contribution < 1.29 is 14.7 Å². The van der Waals surface area contributed by atoms with Gasteiger partial charge in [-0.05, 0) is 54.2 Å². The lowest BCUT2D eigenvalue weighted by atomic mass is 9.94. The Kier molecular flexibility index (Phi) is 7.75. The molecule has 1 aromatic heterocycles. The molecule has 0 radical (unpaired) electrons. The Labute approximate surface area is 206 Å². The van der Waals surface area contributed by atoms with Crippen LogP contribution < -0.4 is 10.2 Å². The van der Waals surface area contributed by atoms with Crippen LogP contribution >= 0.6 is 0 Å². The van der Waals surface area contributed by atoms with E-state index in [1.54, 1.807) is 12.1 Å². The van der Waals surface area contributed by atoms with Crippen molar-refractivity contribution in [1.29, 1.82) is 0 Å². The Bertz CT molecular complexity index is 1130. The number of phenolic OH excluding ortho intramolecular Hbond substituents is 1. The molecule has 3 aromatic rings. The number of rotatable bonds is 7. The minimum atomic E-state index is -0.947. The zero-order chi connectivity index (χ0) is 24.8. The predicted molar refractivity (Wildman–Crippen MR) is 135 cm³/mol. The molecule has 2 amide bonds. The number of phenols is 1. The number of nitrogens with one attached hydrogen (secondary N) is 1. The van der Waals surface area contributed by atoms with Crippen molar-refractivity contribution in [2.45, 2.75) is 64.0 Å². The van der Waals surface area contributed by atoms with E-state index in [1.165, 1.54) is 42.0 Å². The van der Waals surface area contributed by atoms with E-state index in [9.17, 15) is 14.7 Å². The van der Waals surface area contributed by atoms with Gasteiger partial charge in [0.1, 0.15) is 17.5 Å². The maximum Gasteiger partial charge on any atom is 0.279 e. The SMILES string of the molecule is CC(C)c1ccc(N(C(=O)c2cnccn2)C(C(=O)NC2CCCCC2)c2ccc(O)cc2)cc1. The van der Waals surface area contributed by atoms with E-state index in [4.69, 9.17) is 0 Å². The summed E-state index contributed by atoms with van der Waals surface area (Å²) in [6.07, 6.45) is 9.56. The van der Waals surface area contributed by atoms with Gasteiger partial charge in [0.2, 0.25) is 5.91 Å². The molecule has 0 bridgehead atoms. The second-order valence-electron chi connectivity index (χ2n) is 9.35. The van der Waals surface area contributed by atoms with E-state index in [-0.39, 0.29) is 23.4 Å². The molecule has 1 aliphatic rings. The van der Waals surface area contributed by atoms with Crippen LogP contribution in [0.3, 0.4) is 0 Å². The second-order valence-corrected chi connectivity index (χ2v) is 9.35. The molecule has 1 atom stereocenters. The van der Waals surface area contributed by atoms with E-state index in [0.717, 1.165) is 31.2 Å². The number of hydrogen-bond donors (Lipinski definition) is 2. The largest absolute Gasteiger partial charge is 0.508 e. The number of carbonyl (C=O) groups is 2. The first kappa shape index (κ1) is 24.4. The molecule has 2 N–H and O–H groups in total. The lowest BCUT2D eigenvalue weighted by molar-refractivity contribution is -0.123. The molecule has 182 valence electrons. The van der Waals surface area contributed by atoms with Crippen LogP contribution in [0.5, 0.6) is 5.75 Å². The average molecular weight is 473 g/mol. The first-order valence-corrected chi connectivity index (χ1v) is 12.2. The Balaban J connectivity index is 1.79. The van der Waals surface area contributed by atoms with Crippen LogP contribution in [0.4, 0.5) is 5.69 Å². The molecule has 1 saturated carbocycles. The molecular formula is C28H32N4O3. The predicted octanol–water partition coefficient (Wildman–Crippen LogP) is 5.14. The van der Waals surface area contributed by atoms with Crippen molar-refractivity contribution in [2.75, 3.05) is 4.90 Å². The molecule has 1 unspecified atom stereocenters. The number of hydrogen-bond acceptors (Lipinski definition) is 5. The van der Waals surface area contributed by atoms with Crippen molar-refractivity contribution in [3.8, 4) is 5.75 Å². The highest BCUT2D eigenvalue weighted by molar-refractivity contribution is 6.09. The summed E-state index contributed by atoms with van der Waals surface area (Å²) < 4.78 is 0. The topological polar surface area (TPSA) is 95.4 Å². The molecule has 1 aliphatic carbocycles. The first-order chi connectivity index (χ1) is 16.9. The van der Waals surface area contributed by atoms with Gasteiger partial charge < -0.3 is 10.4 Å². The Morgan fingerprint density at radius 2 is 1.60 bits per heavy atom. The Hall–Kier alpha value is -3.74. The fourth-order valence-corrected chi connectivity index (χ4v) is 4.54. The number of nitrogens with zero attached hydrogens (tertiary/aromatic N) is 3. The monoisotopic (exact) mass is 472 g/mol. The molecule has 4 rings (SSSR count). The summed E-state index contributed by atoms with van der Waals surface area (Å²) in [5, 5.41) is 13.1.